The Bertz CT molecular complexity index is 955. The van der Waals surface area contributed by atoms with Crippen molar-refractivity contribution in [3.05, 3.63) is 60.4 Å². The van der Waals surface area contributed by atoms with Crippen LogP contribution in [0, 0.1) is 5.82 Å². The van der Waals surface area contributed by atoms with Crippen LogP contribution in [0.25, 0.3) is 22.2 Å². The van der Waals surface area contributed by atoms with Crippen LogP contribution in [0.5, 0.6) is 0 Å². The van der Waals surface area contributed by atoms with Gasteiger partial charge in [-0.15, -0.1) is 0 Å². The summed E-state index contributed by atoms with van der Waals surface area (Å²) in [6, 6.07) is 14.9. The molecule has 4 nitrogen and oxygen atoms in total. The van der Waals surface area contributed by atoms with E-state index >= 15 is 0 Å². The number of hydrogen-bond acceptors (Lipinski definition) is 3. The molecule has 112 valence electrons. The van der Waals surface area contributed by atoms with Gasteiger partial charge in [0.25, 0.3) is 0 Å². The quantitative estimate of drug-likeness (QED) is 0.805. The number of hydrogen-bond donors (Lipinski definition) is 1. The van der Waals surface area contributed by atoms with Gasteiger partial charge in [0, 0.05) is 10.9 Å². The minimum atomic E-state index is -3.47. The molecule has 0 saturated carbocycles. The maximum absolute atomic E-state index is 13.5. The van der Waals surface area contributed by atoms with E-state index in [2.05, 4.69) is 9.71 Å². The maximum atomic E-state index is 13.5. The van der Waals surface area contributed by atoms with Crippen molar-refractivity contribution in [2.24, 2.45) is 0 Å². The molecule has 0 saturated heterocycles. The van der Waals surface area contributed by atoms with Gasteiger partial charge in [-0.25, -0.2) is 17.8 Å². The van der Waals surface area contributed by atoms with Crippen LogP contribution in [-0.4, -0.2) is 19.7 Å². The lowest BCUT2D eigenvalue weighted by molar-refractivity contribution is 0.607. The number of para-hydroxylation sites is 1. The molecule has 0 radical (unpaired) electrons. The monoisotopic (exact) mass is 316 g/mol. The van der Waals surface area contributed by atoms with Crippen molar-refractivity contribution in [2.75, 3.05) is 11.0 Å². The molecular formula is C16H13FN2O2S. The normalized spacial score (nSPS) is 11.5. The van der Waals surface area contributed by atoms with Gasteiger partial charge in [0.2, 0.25) is 10.0 Å². The van der Waals surface area contributed by atoms with E-state index in [1.807, 2.05) is 24.3 Å². The molecule has 22 heavy (non-hydrogen) atoms. The van der Waals surface area contributed by atoms with Crippen molar-refractivity contribution in [1.29, 1.82) is 0 Å². The number of nitrogens with zero attached hydrogens (tertiary/aromatic N) is 1. The maximum Gasteiger partial charge on any atom is 0.229 e. The lowest BCUT2D eigenvalue weighted by atomic mass is 10.1. The molecule has 3 rings (SSSR count). The standard InChI is InChI=1S/C16H13FN2O2S/c1-22(20,21)19-15-10-11-5-2-3-8-14(11)18-16(15)12-6-4-7-13(17)9-12/h2-10,19H,1H3. The molecule has 0 amide bonds. The highest BCUT2D eigenvalue weighted by molar-refractivity contribution is 7.92. The number of rotatable bonds is 3. The molecule has 0 unspecified atom stereocenters. The van der Waals surface area contributed by atoms with E-state index in [0.717, 1.165) is 11.6 Å². The minimum absolute atomic E-state index is 0.326. The summed E-state index contributed by atoms with van der Waals surface area (Å²) < 4.78 is 39.1. The van der Waals surface area contributed by atoms with Gasteiger partial charge in [0.05, 0.1) is 23.2 Å². The van der Waals surface area contributed by atoms with E-state index < -0.39 is 15.8 Å². The zero-order chi connectivity index (χ0) is 15.7. The van der Waals surface area contributed by atoms with Crippen molar-refractivity contribution in [2.45, 2.75) is 0 Å². The number of halogens is 1. The molecule has 0 atom stereocenters. The van der Waals surface area contributed by atoms with Crippen molar-refractivity contribution in [3.63, 3.8) is 0 Å². The molecule has 6 heteroatoms. The largest absolute Gasteiger partial charge is 0.282 e. The Hall–Kier alpha value is -2.47. The van der Waals surface area contributed by atoms with Gasteiger partial charge in [0.1, 0.15) is 5.82 Å². The highest BCUT2D eigenvalue weighted by Gasteiger charge is 2.13. The summed E-state index contributed by atoms with van der Waals surface area (Å²) in [6.07, 6.45) is 1.07. The summed E-state index contributed by atoms with van der Waals surface area (Å²) in [5.74, 6) is -0.405. The smallest absolute Gasteiger partial charge is 0.229 e. The first-order chi connectivity index (χ1) is 10.4. The average Bonchev–Trinajstić information content (AvgIpc) is 2.45. The van der Waals surface area contributed by atoms with Crippen LogP contribution in [0.15, 0.2) is 54.6 Å². The topological polar surface area (TPSA) is 59.1 Å². The second-order valence-electron chi connectivity index (χ2n) is 4.96. The van der Waals surface area contributed by atoms with Gasteiger partial charge in [-0.2, -0.15) is 0 Å². The minimum Gasteiger partial charge on any atom is -0.282 e. The molecule has 0 aliphatic rings. The van der Waals surface area contributed by atoms with Crippen molar-refractivity contribution >= 4 is 26.6 Å². The first kappa shape index (κ1) is 14.5. The van der Waals surface area contributed by atoms with Gasteiger partial charge in [-0.3, -0.25) is 4.72 Å². The number of nitrogens with one attached hydrogen (secondary N) is 1. The summed E-state index contributed by atoms with van der Waals surface area (Å²) in [7, 11) is -3.47. The van der Waals surface area contributed by atoms with Gasteiger partial charge in [0.15, 0.2) is 0 Å². The van der Waals surface area contributed by atoms with E-state index in [-0.39, 0.29) is 0 Å². The summed E-state index contributed by atoms with van der Waals surface area (Å²) in [4.78, 5) is 4.48. The molecule has 0 spiro atoms. The predicted molar refractivity (Wildman–Crippen MR) is 85.6 cm³/mol. The van der Waals surface area contributed by atoms with Crippen molar-refractivity contribution in [1.82, 2.24) is 4.98 Å². The van der Waals surface area contributed by atoms with Crippen LogP contribution >= 0.6 is 0 Å². The number of aromatic nitrogens is 1. The fourth-order valence-corrected chi connectivity index (χ4v) is 2.80. The molecule has 0 aliphatic heterocycles. The predicted octanol–water partition coefficient (Wildman–Crippen LogP) is 3.41. The zero-order valence-corrected chi connectivity index (χ0v) is 12.6. The average molecular weight is 316 g/mol. The molecule has 0 fully saturated rings. The fraction of sp³-hybridized carbons (Fsp3) is 0.0625. The van der Waals surface area contributed by atoms with Gasteiger partial charge in [-0.1, -0.05) is 30.3 Å². The highest BCUT2D eigenvalue weighted by Crippen LogP contribution is 2.30. The SMILES string of the molecule is CS(=O)(=O)Nc1cc2ccccc2nc1-c1cccc(F)c1. The molecule has 1 aromatic heterocycles. The van der Waals surface area contributed by atoms with E-state index in [1.54, 1.807) is 18.2 Å². The zero-order valence-electron chi connectivity index (χ0n) is 11.7. The highest BCUT2D eigenvalue weighted by atomic mass is 32.2. The Labute approximate surface area is 127 Å². The van der Waals surface area contributed by atoms with E-state index in [0.29, 0.717) is 22.5 Å². The lowest BCUT2D eigenvalue weighted by Crippen LogP contribution is -2.11. The number of sulfonamides is 1. The second-order valence-corrected chi connectivity index (χ2v) is 6.71. The van der Waals surface area contributed by atoms with Crippen LogP contribution in [0.1, 0.15) is 0 Å². The van der Waals surface area contributed by atoms with Crippen LogP contribution in [0.2, 0.25) is 0 Å². The molecular weight excluding hydrogens is 303 g/mol. The Kier molecular flexibility index (Phi) is 3.54. The van der Waals surface area contributed by atoms with Crippen LogP contribution < -0.4 is 4.72 Å². The molecule has 3 aromatic rings. The Morgan fingerprint density at radius 1 is 1.05 bits per heavy atom. The summed E-state index contributed by atoms with van der Waals surface area (Å²) in [5, 5.41) is 0.800. The van der Waals surface area contributed by atoms with Gasteiger partial charge < -0.3 is 0 Å². The number of fused-ring (bicyclic) bond motifs is 1. The fourth-order valence-electron chi connectivity index (χ4n) is 2.25. The summed E-state index contributed by atoms with van der Waals surface area (Å²) >= 11 is 0. The van der Waals surface area contributed by atoms with Gasteiger partial charge >= 0.3 is 0 Å². The molecule has 2 aromatic carbocycles. The van der Waals surface area contributed by atoms with E-state index in [4.69, 9.17) is 0 Å². The summed E-state index contributed by atoms with van der Waals surface area (Å²) in [5.41, 5.74) is 1.94. The Morgan fingerprint density at radius 3 is 2.55 bits per heavy atom. The first-order valence-corrected chi connectivity index (χ1v) is 8.45. The Balaban J connectivity index is 2.27. The van der Waals surface area contributed by atoms with Crippen LogP contribution in [0.3, 0.4) is 0 Å². The molecule has 1 N–H and O–H groups in total. The molecule has 0 bridgehead atoms. The van der Waals surface area contributed by atoms with Crippen LogP contribution in [0.4, 0.5) is 10.1 Å². The van der Waals surface area contributed by atoms with E-state index in [9.17, 15) is 12.8 Å². The number of pyridine rings is 1. The molecule has 0 aliphatic carbocycles. The van der Waals surface area contributed by atoms with Crippen molar-refractivity contribution < 1.29 is 12.8 Å². The lowest BCUT2D eigenvalue weighted by Gasteiger charge is -2.12. The third kappa shape index (κ3) is 3.07. The third-order valence-electron chi connectivity index (χ3n) is 3.12. The Morgan fingerprint density at radius 2 is 1.82 bits per heavy atom. The first-order valence-electron chi connectivity index (χ1n) is 6.56. The second kappa shape index (κ2) is 5.38. The van der Waals surface area contributed by atoms with Gasteiger partial charge in [-0.05, 0) is 24.3 Å². The van der Waals surface area contributed by atoms with Crippen LogP contribution in [-0.2, 0) is 10.0 Å². The molecule has 1 heterocycles. The summed E-state index contributed by atoms with van der Waals surface area (Å²) in [6.45, 7) is 0. The third-order valence-corrected chi connectivity index (χ3v) is 3.71. The number of anilines is 1. The van der Waals surface area contributed by atoms with Crippen molar-refractivity contribution in [3.8, 4) is 11.3 Å². The van der Waals surface area contributed by atoms with E-state index in [1.165, 1.54) is 12.1 Å². The number of benzene rings is 2.